The molecule has 0 radical (unpaired) electrons. The molecule has 0 saturated heterocycles. The highest BCUT2D eigenvalue weighted by Gasteiger charge is 2.23. The van der Waals surface area contributed by atoms with E-state index in [1.54, 1.807) is 7.11 Å². The van der Waals surface area contributed by atoms with Gasteiger partial charge in [0.2, 0.25) is 0 Å². The molecule has 1 aliphatic rings. The second kappa shape index (κ2) is 6.80. The van der Waals surface area contributed by atoms with Crippen LogP contribution >= 0.6 is 0 Å². The van der Waals surface area contributed by atoms with Gasteiger partial charge in [0.05, 0.1) is 17.6 Å². The fraction of sp³-hybridized carbons (Fsp3) is 0.273. The number of hydrogen-bond acceptors (Lipinski definition) is 4. The van der Waals surface area contributed by atoms with Crippen molar-refractivity contribution in [2.24, 2.45) is 0 Å². The summed E-state index contributed by atoms with van der Waals surface area (Å²) in [7, 11) is 1.61. The summed E-state index contributed by atoms with van der Waals surface area (Å²) in [5.41, 5.74) is 3.98. The molecule has 142 valence electrons. The first-order valence-electron chi connectivity index (χ1n) is 9.53. The van der Waals surface area contributed by atoms with Gasteiger partial charge in [0.15, 0.2) is 5.76 Å². The highest BCUT2D eigenvalue weighted by atomic mass is 16.5. The minimum Gasteiger partial charge on any atom is -0.451 e. The average Bonchev–Trinajstić information content (AvgIpc) is 3.22. The number of imidazole rings is 1. The van der Waals surface area contributed by atoms with Gasteiger partial charge in [0.25, 0.3) is 5.91 Å². The van der Waals surface area contributed by atoms with E-state index in [1.165, 1.54) is 19.3 Å². The van der Waals surface area contributed by atoms with E-state index in [0.29, 0.717) is 23.8 Å². The Morgan fingerprint density at radius 3 is 2.93 bits per heavy atom. The van der Waals surface area contributed by atoms with E-state index >= 15 is 0 Å². The van der Waals surface area contributed by atoms with Crippen LogP contribution in [0.25, 0.3) is 22.0 Å². The number of H-pyrrole nitrogens is 1. The summed E-state index contributed by atoms with van der Waals surface area (Å²) >= 11 is 0. The van der Waals surface area contributed by atoms with E-state index in [4.69, 9.17) is 9.15 Å². The number of nitrogens with one attached hydrogen (secondary N) is 2. The van der Waals surface area contributed by atoms with Crippen LogP contribution in [0, 0.1) is 0 Å². The number of methoxy groups -OCH3 is 1. The van der Waals surface area contributed by atoms with Crippen molar-refractivity contribution in [3.05, 3.63) is 59.6 Å². The number of carbonyl (C=O) groups excluding carboxylic acids is 1. The van der Waals surface area contributed by atoms with E-state index < -0.39 is 0 Å². The van der Waals surface area contributed by atoms with Crippen LogP contribution < -0.4 is 5.32 Å². The van der Waals surface area contributed by atoms with Gasteiger partial charge in [-0.25, -0.2) is 4.98 Å². The topological polar surface area (TPSA) is 80.1 Å². The van der Waals surface area contributed by atoms with Crippen molar-refractivity contribution >= 4 is 33.6 Å². The van der Waals surface area contributed by atoms with E-state index in [9.17, 15) is 4.79 Å². The molecule has 0 aliphatic heterocycles. The first-order valence-corrected chi connectivity index (χ1v) is 9.53. The molecule has 2 N–H and O–H groups in total. The minimum atomic E-state index is -0.290. The number of hydrogen-bond donors (Lipinski definition) is 2. The fourth-order valence-electron chi connectivity index (χ4n) is 3.74. The molecule has 1 aliphatic carbocycles. The maximum atomic E-state index is 12.9. The lowest BCUT2D eigenvalue weighted by Crippen LogP contribution is -2.13. The molecule has 1 saturated carbocycles. The minimum absolute atomic E-state index is 0.280. The van der Waals surface area contributed by atoms with Crippen molar-refractivity contribution in [3.63, 3.8) is 0 Å². The Kier molecular flexibility index (Phi) is 4.13. The Morgan fingerprint density at radius 2 is 2.14 bits per heavy atom. The summed E-state index contributed by atoms with van der Waals surface area (Å²) in [6.07, 6.45) is 3.65. The molecule has 0 bridgehead atoms. The van der Waals surface area contributed by atoms with Gasteiger partial charge in [-0.2, -0.15) is 0 Å². The van der Waals surface area contributed by atoms with E-state index in [-0.39, 0.29) is 11.7 Å². The number of amides is 1. The number of anilines is 1. The molecule has 1 fully saturated rings. The highest BCUT2D eigenvalue weighted by Crippen LogP contribution is 2.35. The molecule has 2 aromatic heterocycles. The standard InChI is InChI=1S/C22H21N3O3/c1-27-12-16-15-7-2-3-8-19(15)28-20(16)22(26)23-14-9-10-17-18(11-14)25-21(24-17)13-5-4-6-13/h2-3,7-11,13H,4-6,12H2,1H3,(H,23,26)(H,24,25). The SMILES string of the molecule is COCc1c(C(=O)Nc2ccc3nc(C4CCC4)[nH]c3c2)oc2ccccc12. The molecule has 4 aromatic rings. The summed E-state index contributed by atoms with van der Waals surface area (Å²) in [4.78, 5) is 21.0. The second-order valence-electron chi connectivity index (χ2n) is 7.27. The van der Waals surface area contributed by atoms with Crippen LogP contribution in [0.4, 0.5) is 5.69 Å². The van der Waals surface area contributed by atoms with Crippen molar-refractivity contribution in [1.82, 2.24) is 9.97 Å². The quantitative estimate of drug-likeness (QED) is 0.516. The number of aromatic amines is 1. The molecule has 0 unspecified atom stereocenters. The Bertz CT molecular complexity index is 1170. The Hall–Kier alpha value is -3.12. The van der Waals surface area contributed by atoms with Crippen molar-refractivity contribution in [1.29, 1.82) is 0 Å². The van der Waals surface area contributed by atoms with Crippen LogP contribution in [0.5, 0.6) is 0 Å². The molecule has 6 heteroatoms. The molecule has 6 nitrogen and oxygen atoms in total. The third kappa shape index (κ3) is 2.86. The number of aromatic nitrogens is 2. The number of nitrogens with zero attached hydrogens (tertiary/aromatic N) is 1. The van der Waals surface area contributed by atoms with Crippen molar-refractivity contribution < 1.29 is 13.9 Å². The molecule has 1 amide bonds. The van der Waals surface area contributed by atoms with Crippen LogP contribution in [0.1, 0.15) is 47.1 Å². The summed E-state index contributed by atoms with van der Waals surface area (Å²) in [6.45, 7) is 0.310. The van der Waals surface area contributed by atoms with E-state index in [1.807, 2.05) is 42.5 Å². The predicted octanol–water partition coefficient (Wildman–Crippen LogP) is 4.98. The van der Waals surface area contributed by atoms with E-state index in [2.05, 4.69) is 15.3 Å². The average molecular weight is 375 g/mol. The summed E-state index contributed by atoms with van der Waals surface area (Å²) in [5, 5.41) is 3.83. The molecular formula is C22H21N3O3. The van der Waals surface area contributed by atoms with Gasteiger partial charge in [0, 0.05) is 29.7 Å². The fourth-order valence-corrected chi connectivity index (χ4v) is 3.74. The Morgan fingerprint density at radius 1 is 1.29 bits per heavy atom. The maximum absolute atomic E-state index is 12.9. The Balaban J connectivity index is 1.45. The van der Waals surface area contributed by atoms with Gasteiger partial charge in [-0.15, -0.1) is 0 Å². The van der Waals surface area contributed by atoms with Gasteiger partial charge >= 0.3 is 0 Å². The lowest BCUT2D eigenvalue weighted by Gasteiger charge is -2.22. The zero-order valence-electron chi connectivity index (χ0n) is 15.6. The normalized spacial score (nSPS) is 14.5. The highest BCUT2D eigenvalue weighted by molar-refractivity contribution is 6.07. The van der Waals surface area contributed by atoms with Crippen molar-refractivity contribution in [2.75, 3.05) is 12.4 Å². The number of fused-ring (bicyclic) bond motifs is 2. The first kappa shape index (κ1) is 17.0. The van der Waals surface area contributed by atoms with Crippen LogP contribution in [-0.2, 0) is 11.3 Å². The molecule has 0 spiro atoms. The van der Waals surface area contributed by atoms with Gasteiger partial charge in [-0.3, -0.25) is 4.79 Å². The zero-order chi connectivity index (χ0) is 19.1. The summed E-state index contributed by atoms with van der Waals surface area (Å²) in [6, 6.07) is 13.3. The van der Waals surface area contributed by atoms with Crippen LogP contribution in [0.15, 0.2) is 46.9 Å². The third-order valence-corrected chi connectivity index (χ3v) is 5.44. The molecule has 2 heterocycles. The first-order chi connectivity index (χ1) is 13.7. The number of rotatable bonds is 5. The van der Waals surface area contributed by atoms with Crippen LogP contribution in [0.2, 0.25) is 0 Å². The molecular weight excluding hydrogens is 354 g/mol. The van der Waals surface area contributed by atoms with Crippen molar-refractivity contribution in [3.8, 4) is 0 Å². The number of benzene rings is 2. The maximum Gasteiger partial charge on any atom is 0.291 e. The third-order valence-electron chi connectivity index (χ3n) is 5.44. The largest absolute Gasteiger partial charge is 0.451 e. The summed E-state index contributed by atoms with van der Waals surface area (Å²) in [5.74, 6) is 1.58. The lowest BCUT2D eigenvalue weighted by molar-refractivity contribution is 0.0992. The number of ether oxygens (including phenoxy) is 1. The second-order valence-corrected chi connectivity index (χ2v) is 7.27. The summed E-state index contributed by atoms with van der Waals surface area (Å²) < 4.78 is 11.1. The number of para-hydroxylation sites is 1. The van der Waals surface area contributed by atoms with E-state index in [0.717, 1.165) is 27.8 Å². The lowest BCUT2D eigenvalue weighted by atomic mass is 9.85. The molecule has 28 heavy (non-hydrogen) atoms. The van der Waals surface area contributed by atoms with Gasteiger partial charge < -0.3 is 19.5 Å². The smallest absolute Gasteiger partial charge is 0.291 e. The Labute approximate surface area is 161 Å². The molecule has 0 atom stereocenters. The van der Waals surface area contributed by atoms with Crippen molar-refractivity contribution in [2.45, 2.75) is 31.8 Å². The number of carbonyl (C=O) groups is 1. The monoisotopic (exact) mass is 375 g/mol. The van der Waals surface area contributed by atoms with Crippen LogP contribution in [-0.4, -0.2) is 23.0 Å². The molecule has 2 aromatic carbocycles. The van der Waals surface area contributed by atoms with Gasteiger partial charge in [0.1, 0.15) is 11.4 Å². The molecule has 5 rings (SSSR count). The van der Waals surface area contributed by atoms with Gasteiger partial charge in [-0.05, 0) is 37.1 Å². The van der Waals surface area contributed by atoms with Crippen LogP contribution in [0.3, 0.4) is 0 Å². The number of furan rings is 1. The van der Waals surface area contributed by atoms with Gasteiger partial charge in [-0.1, -0.05) is 24.6 Å². The zero-order valence-corrected chi connectivity index (χ0v) is 15.6. The predicted molar refractivity (Wildman–Crippen MR) is 108 cm³/mol.